The van der Waals surface area contributed by atoms with E-state index >= 15 is 0 Å². The van der Waals surface area contributed by atoms with Crippen LogP contribution in [0.1, 0.15) is 12.8 Å². The molecule has 0 rings (SSSR count). The SMILES string of the molecule is C=C(CC=CCCO)C(=O)O. The molecule has 3 nitrogen and oxygen atoms in total. The second-order valence-electron chi connectivity index (χ2n) is 2.10. The second-order valence-corrected chi connectivity index (χ2v) is 2.10. The first-order valence-electron chi connectivity index (χ1n) is 3.35. The summed E-state index contributed by atoms with van der Waals surface area (Å²) in [6.07, 6.45) is 4.32. The van der Waals surface area contributed by atoms with Crippen molar-refractivity contribution in [2.45, 2.75) is 12.8 Å². The third kappa shape index (κ3) is 5.36. The Balaban J connectivity index is 3.53. The van der Waals surface area contributed by atoms with Crippen molar-refractivity contribution in [1.82, 2.24) is 0 Å². The van der Waals surface area contributed by atoms with Gasteiger partial charge >= 0.3 is 5.97 Å². The van der Waals surface area contributed by atoms with Gasteiger partial charge in [0.05, 0.1) is 0 Å². The molecular weight excluding hydrogens is 144 g/mol. The number of carboxylic acid groups (broad SMARTS) is 1. The summed E-state index contributed by atoms with van der Waals surface area (Å²) in [5.41, 5.74) is 0.166. The van der Waals surface area contributed by atoms with Crippen LogP contribution in [-0.2, 0) is 4.79 Å². The molecule has 0 saturated heterocycles. The zero-order chi connectivity index (χ0) is 8.69. The Kier molecular flexibility index (Phi) is 5.11. The predicted molar refractivity (Wildman–Crippen MR) is 42.2 cm³/mol. The molecule has 11 heavy (non-hydrogen) atoms. The highest BCUT2D eigenvalue weighted by molar-refractivity contribution is 5.85. The van der Waals surface area contributed by atoms with Gasteiger partial charge in [0.15, 0.2) is 0 Å². The lowest BCUT2D eigenvalue weighted by Gasteiger charge is -1.91. The molecular formula is C8H12O3. The maximum absolute atomic E-state index is 10.2. The van der Waals surface area contributed by atoms with E-state index in [1.165, 1.54) is 0 Å². The highest BCUT2D eigenvalue weighted by Crippen LogP contribution is 1.98. The monoisotopic (exact) mass is 156 g/mol. The van der Waals surface area contributed by atoms with Gasteiger partial charge in [-0.2, -0.15) is 0 Å². The molecule has 0 unspecified atom stereocenters. The number of rotatable bonds is 5. The number of hydrogen-bond donors (Lipinski definition) is 2. The van der Waals surface area contributed by atoms with Crippen molar-refractivity contribution < 1.29 is 15.0 Å². The Morgan fingerprint density at radius 2 is 2.09 bits per heavy atom. The molecule has 0 spiro atoms. The van der Waals surface area contributed by atoms with Gasteiger partial charge in [0, 0.05) is 12.2 Å². The number of aliphatic hydroxyl groups is 1. The number of hydrogen-bond acceptors (Lipinski definition) is 2. The maximum Gasteiger partial charge on any atom is 0.331 e. The minimum absolute atomic E-state index is 0.0933. The summed E-state index contributed by atoms with van der Waals surface area (Å²) in [7, 11) is 0. The fraction of sp³-hybridized carbons (Fsp3) is 0.375. The highest BCUT2D eigenvalue weighted by atomic mass is 16.4. The van der Waals surface area contributed by atoms with Crippen LogP contribution in [0, 0.1) is 0 Å². The van der Waals surface area contributed by atoms with E-state index < -0.39 is 5.97 Å². The molecule has 0 fully saturated rings. The van der Waals surface area contributed by atoms with Crippen LogP contribution >= 0.6 is 0 Å². The molecule has 3 heteroatoms. The van der Waals surface area contributed by atoms with Crippen molar-refractivity contribution in [2.75, 3.05) is 6.61 Å². The zero-order valence-corrected chi connectivity index (χ0v) is 6.29. The summed E-state index contributed by atoms with van der Waals surface area (Å²) in [4.78, 5) is 10.2. The zero-order valence-electron chi connectivity index (χ0n) is 6.29. The lowest BCUT2D eigenvalue weighted by atomic mass is 10.2. The van der Waals surface area contributed by atoms with E-state index in [9.17, 15) is 4.79 Å². The molecule has 0 bridgehead atoms. The van der Waals surface area contributed by atoms with Crippen molar-refractivity contribution in [2.24, 2.45) is 0 Å². The average Bonchev–Trinajstić information content (AvgIpc) is 1.97. The Hall–Kier alpha value is -1.09. The van der Waals surface area contributed by atoms with E-state index in [4.69, 9.17) is 10.2 Å². The summed E-state index contributed by atoms with van der Waals surface area (Å²) in [5.74, 6) is -0.973. The quantitative estimate of drug-likeness (QED) is 0.460. The smallest absolute Gasteiger partial charge is 0.331 e. The van der Waals surface area contributed by atoms with Crippen molar-refractivity contribution >= 4 is 5.97 Å². The number of allylic oxidation sites excluding steroid dienone is 1. The topological polar surface area (TPSA) is 57.5 Å². The van der Waals surface area contributed by atoms with E-state index in [0.717, 1.165) is 0 Å². The van der Waals surface area contributed by atoms with Crippen LogP contribution < -0.4 is 0 Å². The van der Waals surface area contributed by atoms with Gasteiger partial charge in [0.2, 0.25) is 0 Å². The van der Waals surface area contributed by atoms with Gasteiger partial charge in [-0.05, 0) is 12.8 Å². The van der Waals surface area contributed by atoms with E-state index in [1.807, 2.05) is 0 Å². The molecule has 0 heterocycles. The Morgan fingerprint density at radius 1 is 1.45 bits per heavy atom. The fourth-order valence-corrected chi connectivity index (χ4v) is 0.505. The van der Waals surface area contributed by atoms with Crippen molar-refractivity contribution in [3.05, 3.63) is 24.3 Å². The van der Waals surface area contributed by atoms with Gasteiger partial charge < -0.3 is 10.2 Å². The summed E-state index contributed by atoms with van der Waals surface area (Å²) in [5, 5.41) is 16.7. The maximum atomic E-state index is 10.2. The van der Waals surface area contributed by atoms with Crippen LogP contribution in [0.5, 0.6) is 0 Å². The Labute approximate surface area is 65.7 Å². The van der Waals surface area contributed by atoms with E-state index in [0.29, 0.717) is 12.8 Å². The summed E-state index contributed by atoms with van der Waals surface area (Å²) < 4.78 is 0. The first-order valence-corrected chi connectivity index (χ1v) is 3.35. The van der Waals surface area contributed by atoms with E-state index in [1.54, 1.807) is 12.2 Å². The number of aliphatic carboxylic acids is 1. The van der Waals surface area contributed by atoms with Gasteiger partial charge in [-0.25, -0.2) is 4.79 Å². The molecule has 0 radical (unpaired) electrons. The van der Waals surface area contributed by atoms with E-state index in [2.05, 4.69) is 6.58 Å². The van der Waals surface area contributed by atoms with E-state index in [-0.39, 0.29) is 12.2 Å². The van der Waals surface area contributed by atoms with Crippen molar-refractivity contribution in [1.29, 1.82) is 0 Å². The molecule has 2 N–H and O–H groups in total. The van der Waals surface area contributed by atoms with Crippen molar-refractivity contribution in [3.8, 4) is 0 Å². The molecule has 0 aromatic carbocycles. The van der Waals surface area contributed by atoms with Crippen LogP contribution in [0.25, 0.3) is 0 Å². The van der Waals surface area contributed by atoms with Gasteiger partial charge in [0.25, 0.3) is 0 Å². The lowest BCUT2D eigenvalue weighted by molar-refractivity contribution is -0.132. The predicted octanol–water partition coefficient (Wildman–Crippen LogP) is 0.956. The lowest BCUT2D eigenvalue weighted by Crippen LogP contribution is -1.96. The first-order chi connectivity index (χ1) is 5.18. The summed E-state index contributed by atoms with van der Waals surface area (Å²) in [6, 6.07) is 0. The van der Waals surface area contributed by atoms with Crippen LogP contribution in [0.3, 0.4) is 0 Å². The molecule has 0 aromatic heterocycles. The molecule has 0 aliphatic heterocycles. The largest absolute Gasteiger partial charge is 0.478 e. The molecule has 0 atom stereocenters. The van der Waals surface area contributed by atoms with Gasteiger partial charge in [0.1, 0.15) is 0 Å². The van der Waals surface area contributed by atoms with Crippen LogP contribution in [-0.4, -0.2) is 22.8 Å². The van der Waals surface area contributed by atoms with Crippen molar-refractivity contribution in [3.63, 3.8) is 0 Å². The fourth-order valence-electron chi connectivity index (χ4n) is 0.505. The third-order valence-corrected chi connectivity index (χ3v) is 1.13. The highest BCUT2D eigenvalue weighted by Gasteiger charge is 1.98. The molecule has 0 aliphatic carbocycles. The normalized spacial score (nSPS) is 10.3. The third-order valence-electron chi connectivity index (χ3n) is 1.13. The number of carbonyl (C=O) groups is 1. The molecule has 0 aromatic rings. The molecule has 0 amide bonds. The Bertz CT molecular complexity index is 170. The van der Waals surface area contributed by atoms with Gasteiger partial charge in [-0.3, -0.25) is 0 Å². The number of carboxylic acids is 1. The van der Waals surface area contributed by atoms with Gasteiger partial charge in [-0.1, -0.05) is 18.7 Å². The standard InChI is InChI=1S/C8H12O3/c1-7(8(10)11)5-3-2-4-6-9/h2-3,9H,1,4-6H2,(H,10,11). The summed E-state index contributed by atoms with van der Waals surface area (Å²) >= 11 is 0. The molecule has 0 aliphatic rings. The molecule has 62 valence electrons. The van der Waals surface area contributed by atoms with Crippen LogP contribution in [0.15, 0.2) is 24.3 Å². The van der Waals surface area contributed by atoms with Crippen LogP contribution in [0.2, 0.25) is 0 Å². The summed E-state index contributed by atoms with van der Waals surface area (Å²) in [6.45, 7) is 3.43. The average molecular weight is 156 g/mol. The minimum atomic E-state index is -0.973. The minimum Gasteiger partial charge on any atom is -0.478 e. The number of aliphatic hydroxyl groups excluding tert-OH is 1. The van der Waals surface area contributed by atoms with Gasteiger partial charge in [-0.15, -0.1) is 0 Å². The first kappa shape index (κ1) is 9.91. The Morgan fingerprint density at radius 3 is 2.55 bits per heavy atom. The molecule has 0 saturated carbocycles. The van der Waals surface area contributed by atoms with Crippen LogP contribution in [0.4, 0.5) is 0 Å². The second kappa shape index (κ2) is 5.68.